The Labute approximate surface area is 73.4 Å². The number of rotatable bonds is 2. The molecule has 0 amide bonds. The summed E-state index contributed by atoms with van der Waals surface area (Å²) in [6.07, 6.45) is -0.00116. The van der Waals surface area contributed by atoms with Crippen molar-refractivity contribution in [3.05, 3.63) is 0 Å². The van der Waals surface area contributed by atoms with Crippen LogP contribution in [0.4, 0.5) is 0 Å². The summed E-state index contributed by atoms with van der Waals surface area (Å²) in [4.78, 5) is -2.05. The zero-order valence-electron chi connectivity index (χ0n) is 7.83. The molecule has 0 bridgehead atoms. The second-order valence-electron chi connectivity index (χ2n) is 4.39. The lowest BCUT2D eigenvalue weighted by Gasteiger charge is -2.28. The minimum Gasteiger partial charge on any atom is -0.373 e. The fourth-order valence-electron chi connectivity index (χ4n) is 1.08. The molecule has 0 aliphatic carbocycles. The van der Waals surface area contributed by atoms with E-state index in [1.165, 1.54) is 0 Å². The van der Waals surface area contributed by atoms with E-state index in [0.29, 0.717) is 0 Å². The molecule has 12 heavy (non-hydrogen) atoms. The third kappa shape index (κ3) is 3.51. The van der Waals surface area contributed by atoms with Gasteiger partial charge in [-0.15, -0.1) is 0 Å². The Kier molecular flexibility index (Phi) is 2.94. The van der Waals surface area contributed by atoms with Crippen LogP contribution >= 0.6 is 0 Å². The molecule has 74 valence electrons. The first-order chi connectivity index (χ1) is 4.96. The van der Waals surface area contributed by atoms with Crippen LogP contribution in [0.15, 0.2) is 0 Å². The van der Waals surface area contributed by atoms with Gasteiger partial charge in [0.05, 0.1) is 0 Å². The molecule has 0 aromatic rings. The standard InChI is InChI=1S/C7H16O4S/c1-6(2,3)5-7(4,8)12(9,10)11/h8H,5H2,1-4H3,(H,9,10,11). The summed E-state index contributed by atoms with van der Waals surface area (Å²) in [6.45, 7) is 6.44. The van der Waals surface area contributed by atoms with Gasteiger partial charge in [-0.25, -0.2) is 0 Å². The van der Waals surface area contributed by atoms with E-state index in [0.717, 1.165) is 6.92 Å². The molecular weight excluding hydrogens is 180 g/mol. The molecule has 0 saturated carbocycles. The highest BCUT2D eigenvalue weighted by molar-refractivity contribution is 7.87. The molecule has 0 aliphatic rings. The van der Waals surface area contributed by atoms with Crippen molar-refractivity contribution < 1.29 is 18.1 Å². The van der Waals surface area contributed by atoms with Crippen LogP contribution in [0, 0.1) is 5.41 Å². The summed E-state index contributed by atoms with van der Waals surface area (Å²) < 4.78 is 29.9. The van der Waals surface area contributed by atoms with Crippen molar-refractivity contribution >= 4 is 10.1 Å². The summed E-state index contributed by atoms with van der Waals surface area (Å²) in [7, 11) is -4.38. The van der Waals surface area contributed by atoms with E-state index in [1.807, 2.05) is 0 Å². The van der Waals surface area contributed by atoms with Gasteiger partial charge < -0.3 is 5.11 Å². The smallest absolute Gasteiger partial charge is 0.294 e. The normalized spacial score (nSPS) is 18.8. The monoisotopic (exact) mass is 196 g/mol. The maximum absolute atomic E-state index is 10.6. The highest BCUT2D eigenvalue weighted by atomic mass is 32.2. The van der Waals surface area contributed by atoms with E-state index in [2.05, 4.69) is 0 Å². The van der Waals surface area contributed by atoms with Crippen molar-refractivity contribution in [1.82, 2.24) is 0 Å². The predicted molar refractivity (Wildman–Crippen MR) is 46.2 cm³/mol. The molecule has 1 unspecified atom stereocenters. The zero-order valence-corrected chi connectivity index (χ0v) is 8.64. The second kappa shape index (κ2) is 2.97. The van der Waals surface area contributed by atoms with Crippen molar-refractivity contribution in [2.24, 2.45) is 5.41 Å². The predicted octanol–water partition coefficient (Wildman–Crippen LogP) is 1.02. The molecule has 0 radical (unpaired) electrons. The molecule has 0 fully saturated rings. The van der Waals surface area contributed by atoms with Crippen molar-refractivity contribution in [2.75, 3.05) is 0 Å². The minimum atomic E-state index is -4.38. The topological polar surface area (TPSA) is 74.6 Å². The molecule has 1 atom stereocenters. The summed E-state index contributed by atoms with van der Waals surface area (Å²) in [5.74, 6) is 0. The summed E-state index contributed by atoms with van der Waals surface area (Å²) in [5.41, 5.74) is -0.348. The van der Waals surface area contributed by atoms with Crippen LogP contribution in [0.25, 0.3) is 0 Å². The number of aliphatic hydroxyl groups is 1. The Hall–Kier alpha value is -0.130. The molecule has 5 heteroatoms. The SMILES string of the molecule is CC(C)(C)CC(C)(O)S(=O)(=O)O. The fraction of sp³-hybridized carbons (Fsp3) is 1.00. The van der Waals surface area contributed by atoms with E-state index in [4.69, 9.17) is 4.55 Å². The van der Waals surface area contributed by atoms with E-state index < -0.39 is 15.1 Å². The van der Waals surface area contributed by atoms with Gasteiger partial charge in [0, 0.05) is 0 Å². The molecule has 4 nitrogen and oxygen atoms in total. The van der Waals surface area contributed by atoms with Gasteiger partial charge in [-0.05, 0) is 18.8 Å². The van der Waals surface area contributed by atoms with Crippen LogP contribution in [-0.2, 0) is 10.1 Å². The number of hydrogen-bond donors (Lipinski definition) is 2. The molecular formula is C7H16O4S. The van der Waals surface area contributed by atoms with Gasteiger partial charge in [0.2, 0.25) is 0 Å². The third-order valence-corrected chi connectivity index (χ3v) is 2.67. The first-order valence-electron chi connectivity index (χ1n) is 3.65. The molecule has 2 N–H and O–H groups in total. The summed E-state index contributed by atoms with van der Waals surface area (Å²) in [6, 6.07) is 0. The van der Waals surface area contributed by atoms with Crippen LogP contribution in [-0.4, -0.2) is 23.0 Å². The van der Waals surface area contributed by atoms with Gasteiger partial charge in [-0.2, -0.15) is 8.42 Å². The largest absolute Gasteiger partial charge is 0.373 e. The lowest BCUT2D eigenvalue weighted by molar-refractivity contribution is 0.0850. The lowest BCUT2D eigenvalue weighted by atomic mass is 9.89. The maximum Gasteiger partial charge on any atom is 0.294 e. The Morgan fingerprint density at radius 3 is 1.58 bits per heavy atom. The maximum atomic E-state index is 10.6. The average Bonchev–Trinajstić information content (AvgIpc) is 1.52. The molecule has 0 saturated heterocycles. The lowest BCUT2D eigenvalue weighted by Crippen LogP contribution is -2.38. The van der Waals surface area contributed by atoms with E-state index >= 15 is 0 Å². The van der Waals surface area contributed by atoms with Crippen LogP contribution in [0.1, 0.15) is 34.1 Å². The van der Waals surface area contributed by atoms with Gasteiger partial charge in [0.25, 0.3) is 10.1 Å². The first-order valence-corrected chi connectivity index (χ1v) is 5.09. The number of hydrogen-bond acceptors (Lipinski definition) is 3. The van der Waals surface area contributed by atoms with Crippen molar-refractivity contribution in [3.8, 4) is 0 Å². The van der Waals surface area contributed by atoms with Gasteiger partial charge in [-0.3, -0.25) is 4.55 Å². The van der Waals surface area contributed by atoms with Gasteiger partial charge in [0.1, 0.15) is 0 Å². The quantitative estimate of drug-likeness (QED) is 0.646. The molecule has 0 aliphatic heterocycles. The molecule has 0 heterocycles. The van der Waals surface area contributed by atoms with Crippen molar-refractivity contribution in [1.29, 1.82) is 0 Å². The van der Waals surface area contributed by atoms with Crippen LogP contribution in [0.3, 0.4) is 0 Å². The first kappa shape index (κ1) is 11.9. The van der Waals surface area contributed by atoms with Crippen molar-refractivity contribution in [3.63, 3.8) is 0 Å². The third-order valence-electron chi connectivity index (χ3n) is 1.41. The highest BCUT2D eigenvalue weighted by Crippen LogP contribution is 2.29. The zero-order chi connectivity index (χ0) is 10.2. The van der Waals surface area contributed by atoms with Crippen LogP contribution in [0.5, 0.6) is 0 Å². The average molecular weight is 196 g/mol. The summed E-state index contributed by atoms with van der Waals surface area (Å²) >= 11 is 0. The Morgan fingerprint density at radius 1 is 1.17 bits per heavy atom. The van der Waals surface area contributed by atoms with Crippen LogP contribution < -0.4 is 0 Å². The highest BCUT2D eigenvalue weighted by Gasteiger charge is 2.38. The summed E-state index contributed by atoms with van der Waals surface area (Å²) in [5, 5.41) is 9.35. The Bertz CT molecular complexity index is 245. The fourth-order valence-corrected chi connectivity index (χ4v) is 1.69. The van der Waals surface area contributed by atoms with Gasteiger partial charge in [-0.1, -0.05) is 20.8 Å². The van der Waals surface area contributed by atoms with Gasteiger partial charge >= 0.3 is 0 Å². The molecule has 0 aromatic heterocycles. The van der Waals surface area contributed by atoms with Crippen molar-refractivity contribution in [2.45, 2.75) is 39.0 Å². The Morgan fingerprint density at radius 2 is 1.50 bits per heavy atom. The van der Waals surface area contributed by atoms with E-state index in [1.54, 1.807) is 20.8 Å². The van der Waals surface area contributed by atoms with E-state index in [9.17, 15) is 13.5 Å². The Balaban J connectivity index is 4.68. The second-order valence-corrected chi connectivity index (χ2v) is 6.22. The molecule has 0 rings (SSSR count). The molecule has 0 spiro atoms. The van der Waals surface area contributed by atoms with E-state index in [-0.39, 0.29) is 11.8 Å². The van der Waals surface area contributed by atoms with Crippen LogP contribution in [0.2, 0.25) is 0 Å². The molecule has 0 aromatic carbocycles. The van der Waals surface area contributed by atoms with Gasteiger partial charge in [0.15, 0.2) is 4.93 Å². The minimum absolute atomic E-state index is 0.00116.